The van der Waals surface area contributed by atoms with E-state index in [1.807, 2.05) is 48.5 Å². The molecule has 43 heavy (non-hydrogen) atoms. The molecule has 0 aliphatic rings. The Balaban J connectivity index is 1.50. The van der Waals surface area contributed by atoms with Crippen molar-refractivity contribution in [1.29, 1.82) is 0 Å². The van der Waals surface area contributed by atoms with Crippen molar-refractivity contribution in [3.8, 4) is 28.0 Å². The Morgan fingerprint density at radius 3 is 2.51 bits per heavy atom. The zero-order valence-corrected chi connectivity index (χ0v) is 24.6. The molecule has 0 aliphatic carbocycles. The summed E-state index contributed by atoms with van der Waals surface area (Å²) >= 11 is 0. The molecule has 0 aliphatic heterocycles. The van der Waals surface area contributed by atoms with Gasteiger partial charge in [-0.25, -0.2) is 12.8 Å². The van der Waals surface area contributed by atoms with Crippen LogP contribution >= 0.6 is 0 Å². The van der Waals surface area contributed by atoms with Gasteiger partial charge in [-0.2, -0.15) is 4.40 Å². The molecule has 0 saturated heterocycles. The first kappa shape index (κ1) is 29.7. The number of hydrogen-bond acceptors (Lipinski definition) is 6. The number of benzene rings is 3. The second-order valence-corrected chi connectivity index (χ2v) is 13.3. The number of fused-ring (bicyclic) bond motifs is 1. The highest BCUT2D eigenvalue weighted by Crippen LogP contribution is 2.34. The molecule has 5 aromatic rings. The van der Waals surface area contributed by atoms with Gasteiger partial charge in [0.15, 0.2) is 5.82 Å². The van der Waals surface area contributed by atoms with E-state index >= 15 is 4.39 Å². The van der Waals surface area contributed by atoms with Gasteiger partial charge in [0.2, 0.25) is 0 Å². The van der Waals surface area contributed by atoms with E-state index in [0.29, 0.717) is 33.4 Å². The van der Waals surface area contributed by atoms with Gasteiger partial charge in [0.1, 0.15) is 23.6 Å². The number of rotatable bonds is 9. The van der Waals surface area contributed by atoms with Gasteiger partial charge < -0.3 is 14.3 Å². The number of halogens is 1. The molecule has 0 atom stereocenters. The van der Waals surface area contributed by atoms with Crippen molar-refractivity contribution in [3.05, 3.63) is 108 Å². The molecule has 0 fully saturated rings. The lowest BCUT2D eigenvalue weighted by Gasteiger charge is -2.15. The van der Waals surface area contributed by atoms with Gasteiger partial charge in [0.05, 0.1) is 23.6 Å². The van der Waals surface area contributed by atoms with E-state index in [-0.39, 0.29) is 24.3 Å². The summed E-state index contributed by atoms with van der Waals surface area (Å²) in [6.45, 7) is 4.57. The van der Waals surface area contributed by atoms with E-state index in [1.165, 1.54) is 39.3 Å². The average molecular weight is 601 g/mol. The second-order valence-electron chi connectivity index (χ2n) is 10.9. The molecule has 10 heteroatoms. The van der Waals surface area contributed by atoms with Crippen molar-refractivity contribution in [2.45, 2.75) is 38.5 Å². The molecule has 0 saturated carbocycles. The first-order valence-corrected chi connectivity index (χ1v) is 14.8. The van der Waals surface area contributed by atoms with Crippen LogP contribution in [-0.2, 0) is 27.8 Å². The third-order valence-corrected chi connectivity index (χ3v) is 8.75. The normalized spacial score (nSPS) is 12.2. The minimum absolute atomic E-state index is 0.0594. The molecular formula is C33H29FN2O6S. The molecule has 0 bridgehead atoms. The van der Waals surface area contributed by atoms with Gasteiger partial charge in [0, 0.05) is 28.3 Å². The Kier molecular flexibility index (Phi) is 8.14. The summed E-state index contributed by atoms with van der Waals surface area (Å²) in [7, 11) is -3.90. The number of furan rings is 1. The molecule has 2 heterocycles. The number of aromatic nitrogens is 1. The van der Waals surface area contributed by atoms with Crippen LogP contribution in [-0.4, -0.2) is 35.4 Å². The molecule has 0 radical (unpaired) electrons. The van der Waals surface area contributed by atoms with E-state index in [2.05, 4.69) is 9.38 Å². The summed E-state index contributed by atoms with van der Waals surface area (Å²) < 4.78 is 55.0. The van der Waals surface area contributed by atoms with Gasteiger partial charge in [0.25, 0.3) is 10.0 Å². The standard InChI is InChI=1S/C33H29FN2O6S/c1-33(2,3)43(39,40)36-19-28-31(34)26(11-13-35-28)27-16-21(15-25-12-14-41-32(25)27)20-42-29-17-23(22-7-5-4-6-8-22)9-10-24(29)18-30(37)38/h4-17,19H,18,20H2,1-3H3,(H,37,38). The fraction of sp³-hybridized carbons (Fsp3) is 0.182. The minimum Gasteiger partial charge on any atom is -0.489 e. The fourth-order valence-corrected chi connectivity index (χ4v) is 4.99. The Morgan fingerprint density at radius 2 is 1.79 bits per heavy atom. The van der Waals surface area contributed by atoms with Gasteiger partial charge >= 0.3 is 5.97 Å². The van der Waals surface area contributed by atoms with Crippen molar-refractivity contribution in [2.24, 2.45) is 4.40 Å². The van der Waals surface area contributed by atoms with E-state index in [4.69, 9.17) is 9.15 Å². The topological polar surface area (TPSA) is 119 Å². The summed E-state index contributed by atoms with van der Waals surface area (Å²) in [5.74, 6) is -1.32. The predicted molar refractivity (Wildman–Crippen MR) is 163 cm³/mol. The molecule has 1 N–H and O–H groups in total. The zero-order valence-electron chi connectivity index (χ0n) is 23.7. The number of carbonyl (C=O) groups is 1. The highest BCUT2D eigenvalue weighted by Gasteiger charge is 2.28. The molecule has 0 unspecified atom stereocenters. The van der Waals surface area contributed by atoms with Crippen molar-refractivity contribution in [2.75, 3.05) is 0 Å². The maximum atomic E-state index is 15.7. The van der Waals surface area contributed by atoms with Crippen molar-refractivity contribution in [1.82, 2.24) is 4.98 Å². The number of nitrogens with zero attached hydrogens (tertiary/aromatic N) is 2. The predicted octanol–water partition coefficient (Wildman–Crippen LogP) is 7.05. The highest BCUT2D eigenvalue weighted by atomic mass is 32.2. The summed E-state index contributed by atoms with van der Waals surface area (Å²) in [6, 6.07) is 21.8. The summed E-state index contributed by atoms with van der Waals surface area (Å²) in [6.07, 6.45) is 3.56. The quantitative estimate of drug-likeness (QED) is 0.180. The van der Waals surface area contributed by atoms with Crippen LogP contribution in [0.2, 0.25) is 0 Å². The number of sulfonamides is 1. The molecule has 2 aromatic heterocycles. The van der Waals surface area contributed by atoms with Gasteiger partial charge in [-0.05, 0) is 67.8 Å². The molecule has 3 aromatic carbocycles. The van der Waals surface area contributed by atoms with Crippen LogP contribution in [0.1, 0.15) is 37.6 Å². The fourth-order valence-electron chi connectivity index (χ4n) is 4.43. The van der Waals surface area contributed by atoms with Crippen LogP contribution in [0.3, 0.4) is 0 Å². The Hall–Kier alpha value is -4.83. The van der Waals surface area contributed by atoms with E-state index in [9.17, 15) is 18.3 Å². The van der Waals surface area contributed by atoms with Gasteiger partial charge in [-0.15, -0.1) is 0 Å². The van der Waals surface area contributed by atoms with Crippen molar-refractivity contribution >= 4 is 33.2 Å². The maximum Gasteiger partial charge on any atom is 0.307 e. The average Bonchev–Trinajstić information content (AvgIpc) is 3.44. The molecular weight excluding hydrogens is 571 g/mol. The summed E-state index contributed by atoms with van der Waals surface area (Å²) in [4.78, 5) is 15.5. The third kappa shape index (κ3) is 6.49. The van der Waals surface area contributed by atoms with Crippen LogP contribution in [0.4, 0.5) is 4.39 Å². The van der Waals surface area contributed by atoms with Crippen molar-refractivity contribution in [3.63, 3.8) is 0 Å². The van der Waals surface area contributed by atoms with E-state index in [1.54, 1.807) is 18.2 Å². The van der Waals surface area contributed by atoms with Crippen molar-refractivity contribution < 1.29 is 31.9 Å². The third-order valence-electron chi connectivity index (χ3n) is 6.82. The maximum absolute atomic E-state index is 15.7. The smallest absolute Gasteiger partial charge is 0.307 e. The number of carboxylic acids is 1. The molecule has 220 valence electrons. The lowest BCUT2D eigenvalue weighted by atomic mass is 10.00. The lowest BCUT2D eigenvalue weighted by Crippen LogP contribution is -2.25. The second kappa shape index (κ2) is 11.8. The van der Waals surface area contributed by atoms with Crippen LogP contribution < -0.4 is 4.74 Å². The molecule has 0 spiro atoms. The van der Waals surface area contributed by atoms with Crippen LogP contribution in [0, 0.1) is 5.82 Å². The number of ether oxygens (including phenoxy) is 1. The Labute approximate surface area is 248 Å². The highest BCUT2D eigenvalue weighted by molar-refractivity contribution is 7.91. The Bertz CT molecular complexity index is 1940. The number of aliphatic carboxylic acids is 1. The number of hydrogen-bond donors (Lipinski definition) is 1. The monoisotopic (exact) mass is 600 g/mol. The molecule has 5 rings (SSSR count). The zero-order chi connectivity index (χ0) is 30.8. The van der Waals surface area contributed by atoms with Gasteiger partial charge in [-0.3, -0.25) is 9.78 Å². The number of carboxylic acid groups (broad SMARTS) is 1. The Morgan fingerprint density at radius 1 is 1.02 bits per heavy atom. The first-order chi connectivity index (χ1) is 20.4. The minimum atomic E-state index is -3.90. The molecule has 0 amide bonds. The SMILES string of the molecule is CC(C)(C)S(=O)(=O)N=Cc1nccc(-c2cc(COc3cc(-c4ccccc4)ccc3CC(=O)O)cc3ccoc23)c1F. The van der Waals surface area contributed by atoms with Gasteiger partial charge in [-0.1, -0.05) is 42.5 Å². The van der Waals surface area contributed by atoms with Crippen LogP contribution in [0.15, 0.2) is 94.1 Å². The summed E-state index contributed by atoms with van der Waals surface area (Å²) in [5.41, 5.74) is 3.78. The molecule has 8 nitrogen and oxygen atoms in total. The van der Waals surface area contributed by atoms with E-state index < -0.39 is 26.6 Å². The first-order valence-electron chi connectivity index (χ1n) is 13.4. The summed E-state index contributed by atoms with van der Waals surface area (Å²) in [5, 5.41) is 10.1. The van der Waals surface area contributed by atoms with Crippen LogP contribution in [0.25, 0.3) is 33.2 Å². The lowest BCUT2D eigenvalue weighted by molar-refractivity contribution is -0.136. The van der Waals surface area contributed by atoms with Crippen LogP contribution in [0.5, 0.6) is 5.75 Å². The van der Waals surface area contributed by atoms with E-state index in [0.717, 1.165) is 17.3 Å². The largest absolute Gasteiger partial charge is 0.489 e. The number of pyridine rings is 1.